The average molecular weight is 357 g/mol. The molecule has 0 amide bonds. The minimum Gasteiger partial charge on any atom is -0.324 e. The summed E-state index contributed by atoms with van der Waals surface area (Å²) in [7, 11) is 0. The summed E-state index contributed by atoms with van der Waals surface area (Å²) >= 11 is 5.86. The molecule has 0 atom stereocenters. The lowest BCUT2D eigenvalue weighted by molar-refractivity contribution is -0.141. The molecule has 1 heterocycles. The predicted octanol–water partition coefficient (Wildman–Crippen LogP) is 4.53. The smallest absolute Gasteiger partial charge is 0.324 e. The predicted molar refractivity (Wildman–Crippen MR) is 86.2 cm³/mol. The molecule has 2 aromatic rings. The van der Waals surface area contributed by atoms with E-state index in [-0.39, 0.29) is 24.1 Å². The fourth-order valence-corrected chi connectivity index (χ4v) is 2.59. The SMILES string of the molecule is FC(F)(F)c1nc(Nc2cccc(Cl)c2)ncc1CNC1CCC1. The summed E-state index contributed by atoms with van der Waals surface area (Å²) in [6, 6.07) is 6.91. The number of nitrogens with zero attached hydrogens (tertiary/aromatic N) is 2. The molecule has 1 aromatic carbocycles. The Morgan fingerprint density at radius 1 is 1.25 bits per heavy atom. The number of rotatable bonds is 5. The van der Waals surface area contributed by atoms with Gasteiger partial charge in [-0.3, -0.25) is 0 Å². The van der Waals surface area contributed by atoms with Crippen LogP contribution in [0.4, 0.5) is 24.8 Å². The van der Waals surface area contributed by atoms with Gasteiger partial charge in [0.2, 0.25) is 5.95 Å². The third-order valence-corrected chi connectivity index (χ3v) is 4.14. The molecule has 0 radical (unpaired) electrons. The Bertz CT molecular complexity index is 717. The Balaban J connectivity index is 1.80. The molecule has 128 valence electrons. The zero-order valence-corrected chi connectivity index (χ0v) is 13.5. The van der Waals surface area contributed by atoms with Crippen LogP contribution in [0.2, 0.25) is 5.02 Å². The molecule has 1 aliphatic rings. The van der Waals surface area contributed by atoms with Crippen molar-refractivity contribution in [3.8, 4) is 0 Å². The molecular formula is C16H16ClF3N4. The molecular weight excluding hydrogens is 341 g/mol. The Morgan fingerprint density at radius 2 is 2.04 bits per heavy atom. The van der Waals surface area contributed by atoms with Crippen molar-refractivity contribution in [3.63, 3.8) is 0 Å². The van der Waals surface area contributed by atoms with Crippen LogP contribution in [-0.2, 0) is 12.7 Å². The second-order valence-corrected chi connectivity index (χ2v) is 6.15. The first-order valence-electron chi connectivity index (χ1n) is 7.61. The summed E-state index contributed by atoms with van der Waals surface area (Å²) in [5, 5.41) is 6.32. The first kappa shape index (κ1) is 17.0. The number of hydrogen-bond donors (Lipinski definition) is 2. The zero-order chi connectivity index (χ0) is 17.2. The summed E-state index contributed by atoms with van der Waals surface area (Å²) in [6.45, 7) is 0.108. The van der Waals surface area contributed by atoms with Crippen LogP contribution in [0, 0.1) is 0 Å². The third-order valence-electron chi connectivity index (χ3n) is 3.90. The van der Waals surface area contributed by atoms with Crippen molar-refractivity contribution in [2.24, 2.45) is 0 Å². The van der Waals surface area contributed by atoms with Crippen LogP contribution in [0.5, 0.6) is 0 Å². The molecule has 2 N–H and O–H groups in total. The summed E-state index contributed by atoms with van der Waals surface area (Å²) in [5.41, 5.74) is -0.351. The molecule has 3 rings (SSSR count). The molecule has 1 fully saturated rings. The van der Waals surface area contributed by atoms with E-state index in [1.807, 2.05) is 0 Å². The average Bonchev–Trinajstić information content (AvgIpc) is 2.46. The van der Waals surface area contributed by atoms with Crippen LogP contribution in [0.25, 0.3) is 0 Å². The van der Waals surface area contributed by atoms with Gasteiger partial charge in [-0.15, -0.1) is 0 Å². The first-order valence-corrected chi connectivity index (χ1v) is 7.99. The van der Waals surface area contributed by atoms with Crippen molar-refractivity contribution < 1.29 is 13.2 Å². The Labute approximate surface area is 142 Å². The van der Waals surface area contributed by atoms with Crippen LogP contribution in [-0.4, -0.2) is 16.0 Å². The highest BCUT2D eigenvalue weighted by atomic mass is 35.5. The summed E-state index contributed by atoms with van der Waals surface area (Å²) < 4.78 is 39.9. The van der Waals surface area contributed by atoms with Gasteiger partial charge in [0.05, 0.1) is 0 Å². The van der Waals surface area contributed by atoms with Gasteiger partial charge < -0.3 is 10.6 Å². The maximum absolute atomic E-state index is 13.3. The van der Waals surface area contributed by atoms with Crippen molar-refractivity contribution in [2.45, 2.75) is 38.0 Å². The quantitative estimate of drug-likeness (QED) is 0.826. The maximum Gasteiger partial charge on any atom is 0.433 e. The fourth-order valence-electron chi connectivity index (χ4n) is 2.40. The number of halogens is 4. The lowest BCUT2D eigenvalue weighted by atomic mass is 9.93. The van der Waals surface area contributed by atoms with Crippen molar-refractivity contribution in [1.29, 1.82) is 0 Å². The monoisotopic (exact) mass is 356 g/mol. The van der Waals surface area contributed by atoms with E-state index >= 15 is 0 Å². The standard InChI is InChI=1S/C16H16ClF3N4/c17-11-3-1-6-13(7-11)23-15-22-9-10(8-21-12-4-2-5-12)14(24-15)16(18,19)20/h1,3,6-7,9,12,21H,2,4-5,8H2,(H,22,23,24). The van der Waals surface area contributed by atoms with Gasteiger partial charge in [0.15, 0.2) is 5.69 Å². The van der Waals surface area contributed by atoms with Gasteiger partial charge in [-0.25, -0.2) is 9.97 Å². The third kappa shape index (κ3) is 4.15. The van der Waals surface area contributed by atoms with Gasteiger partial charge in [0.1, 0.15) is 0 Å². The lowest BCUT2D eigenvalue weighted by Gasteiger charge is -2.27. The maximum atomic E-state index is 13.3. The van der Waals surface area contributed by atoms with E-state index in [4.69, 9.17) is 11.6 Å². The minimum absolute atomic E-state index is 0.0473. The van der Waals surface area contributed by atoms with Crippen molar-refractivity contribution in [1.82, 2.24) is 15.3 Å². The fraction of sp³-hybridized carbons (Fsp3) is 0.375. The minimum atomic E-state index is -4.54. The second kappa shape index (κ2) is 6.94. The van der Waals surface area contributed by atoms with Crippen molar-refractivity contribution in [3.05, 3.63) is 46.7 Å². The van der Waals surface area contributed by atoms with Crippen molar-refractivity contribution >= 4 is 23.2 Å². The van der Waals surface area contributed by atoms with Gasteiger partial charge in [-0.1, -0.05) is 24.1 Å². The van der Waals surface area contributed by atoms with Gasteiger partial charge in [0.25, 0.3) is 0 Å². The van der Waals surface area contributed by atoms with Crippen LogP contribution < -0.4 is 10.6 Å². The van der Waals surface area contributed by atoms with E-state index < -0.39 is 11.9 Å². The first-order chi connectivity index (χ1) is 11.4. The molecule has 0 aliphatic heterocycles. The summed E-state index contributed by atoms with van der Waals surface area (Å²) in [5.74, 6) is -0.114. The van der Waals surface area contributed by atoms with Crippen molar-refractivity contribution in [2.75, 3.05) is 5.32 Å². The molecule has 0 bridgehead atoms. The molecule has 8 heteroatoms. The van der Waals surface area contributed by atoms with E-state index in [1.54, 1.807) is 24.3 Å². The van der Waals surface area contributed by atoms with Crippen LogP contribution >= 0.6 is 11.6 Å². The highest BCUT2D eigenvalue weighted by molar-refractivity contribution is 6.30. The van der Waals surface area contributed by atoms with Crippen LogP contribution in [0.1, 0.15) is 30.5 Å². The zero-order valence-electron chi connectivity index (χ0n) is 12.7. The Morgan fingerprint density at radius 3 is 2.67 bits per heavy atom. The largest absolute Gasteiger partial charge is 0.433 e. The normalized spacial score (nSPS) is 15.2. The number of aromatic nitrogens is 2. The van der Waals surface area contributed by atoms with E-state index in [1.165, 1.54) is 6.20 Å². The lowest BCUT2D eigenvalue weighted by Crippen LogP contribution is -2.35. The topological polar surface area (TPSA) is 49.8 Å². The van der Waals surface area contributed by atoms with Gasteiger partial charge in [0, 0.05) is 35.1 Å². The number of nitrogens with one attached hydrogen (secondary N) is 2. The number of benzene rings is 1. The van der Waals surface area contributed by atoms with E-state index in [9.17, 15) is 13.2 Å². The van der Waals surface area contributed by atoms with Gasteiger partial charge in [-0.05, 0) is 31.0 Å². The highest BCUT2D eigenvalue weighted by Crippen LogP contribution is 2.31. The van der Waals surface area contributed by atoms with E-state index in [2.05, 4.69) is 20.6 Å². The van der Waals surface area contributed by atoms with Crippen LogP contribution in [0.15, 0.2) is 30.5 Å². The number of alkyl halides is 3. The molecule has 0 unspecified atom stereocenters. The summed E-state index contributed by atoms with van der Waals surface area (Å²) in [4.78, 5) is 7.65. The Hall–Kier alpha value is -1.86. The molecule has 0 spiro atoms. The summed E-state index contributed by atoms with van der Waals surface area (Å²) in [6.07, 6.45) is -0.214. The molecule has 0 saturated heterocycles. The second-order valence-electron chi connectivity index (χ2n) is 5.71. The molecule has 1 saturated carbocycles. The highest BCUT2D eigenvalue weighted by Gasteiger charge is 2.36. The van der Waals surface area contributed by atoms with E-state index in [0.29, 0.717) is 10.7 Å². The van der Waals surface area contributed by atoms with E-state index in [0.717, 1.165) is 19.3 Å². The molecule has 24 heavy (non-hydrogen) atoms. The van der Waals surface area contributed by atoms with Crippen LogP contribution in [0.3, 0.4) is 0 Å². The van der Waals surface area contributed by atoms with Gasteiger partial charge >= 0.3 is 6.18 Å². The number of hydrogen-bond acceptors (Lipinski definition) is 4. The molecule has 4 nitrogen and oxygen atoms in total. The Kier molecular flexibility index (Phi) is 4.91. The number of anilines is 2. The molecule has 1 aliphatic carbocycles. The van der Waals surface area contributed by atoms with Gasteiger partial charge in [-0.2, -0.15) is 13.2 Å². The molecule has 1 aromatic heterocycles.